The van der Waals surface area contributed by atoms with Gasteiger partial charge in [0.15, 0.2) is 0 Å². The Balaban J connectivity index is 1.89. The van der Waals surface area contributed by atoms with E-state index in [1.54, 1.807) is 0 Å². The van der Waals surface area contributed by atoms with E-state index in [0.29, 0.717) is 0 Å². The third-order valence-corrected chi connectivity index (χ3v) is 3.71. The van der Waals surface area contributed by atoms with Crippen molar-refractivity contribution in [3.8, 4) is 5.75 Å². The van der Waals surface area contributed by atoms with Gasteiger partial charge >= 0.3 is 0 Å². The van der Waals surface area contributed by atoms with E-state index in [4.69, 9.17) is 4.74 Å². The maximum absolute atomic E-state index is 6.05. The van der Waals surface area contributed by atoms with Crippen LogP contribution in [-0.4, -0.2) is 37.7 Å². The lowest BCUT2D eigenvalue weighted by atomic mass is 10.1. The van der Waals surface area contributed by atoms with E-state index in [9.17, 15) is 0 Å². The summed E-state index contributed by atoms with van der Waals surface area (Å²) in [6, 6.07) is 6.39. The number of nitrogens with zero attached hydrogens (tertiary/aromatic N) is 1. The molecule has 1 aromatic carbocycles. The quantitative estimate of drug-likeness (QED) is 0.817. The molecule has 1 heterocycles. The lowest BCUT2D eigenvalue weighted by Crippen LogP contribution is -2.25. The number of rotatable bonds is 7. The smallest absolute Gasteiger partial charge is 0.126 e. The van der Waals surface area contributed by atoms with Gasteiger partial charge in [-0.05, 0) is 45.0 Å². The third-order valence-electron chi connectivity index (χ3n) is 3.71. The first kappa shape index (κ1) is 14.4. The number of para-hydroxylation sites is 1. The molecule has 1 saturated heterocycles. The van der Waals surface area contributed by atoms with Crippen molar-refractivity contribution in [1.29, 1.82) is 0 Å². The lowest BCUT2D eigenvalue weighted by Gasteiger charge is -2.18. The fourth-order valence-corrected chi connectivity index (χ4v) is 2.60. The summed E-state index contributed by atoms with van der Waals surface area (Å²) in [5.74, 6) is 1.07. The highest BCUT2D eigenvalue weighted by atomic mass is 16.5. The first-order valence-corrected chi connectivity index (χ1v) is 7.45. The van der Waals surface area contributed by atoms with E-state index in [0.717, 1.165) is 32.0 Å². The minimum absolute atomic E-state index is 0.796. The largest absolute Gasteiger partial charge is 0.492 e. The van der Waals surface area contributed by atoms with Crippen LogP contribution in [0.5, 0.6) is 5.75 Å². The van der Waals surface area contributed by atoms with Crippen LogP contribution in [0.25, 0.3) is 0 Å². The summed E-state index contributed by atoms with van der Waals surface area (Å²) in [7, 11) is 0. The zero-order valence-corrected chi connectivity index (χ0v) is 12.2. The monoisotopic (exact) mass is 262 g/mol. The second-order valence-corrected chi connectivity index (χ2v) is 5.24. The molecule has 1 aromatic rings. The molecule has 0 atom stereocenters. The Hall–Kier alpha value is -1.06. The molecule has 1 aliphatic heterocycles. The Bertz CT molecular complexity index is 386. The van der Waals surface area contributed by atoms with Gasteiger partial charge in [0.05, 0.1) is 0 Å². The second-order valence-electron chi connectivity index (χ2n) is 5.24. The highest BCUT2D eigenvalue weighted by molar-refractivity contribution is 5.40. The van der Waals surface area contributed by atoms with Gasteiger partial charge < -0.3 is 10.1 Å². The maximum Gasteiger partial charge on any atom is 0.126 e. The van der Waals surface area contributed by atoms with Crippen molar-refractivity contribution in [2.24, 2.45) is 0 Å². The van der Waals surface area contributed by atoms with Crippen molar-refractivity contribution in [2.45, 2.75) is 33.2 Å². The molecule has 19 heavy (non-hydrogen) atoms. The average Bonchev–Trinajstić information content (AvgIpc) is 2.92. The third kappa shape index (κ3) is 4.22. The number of hydrogen-bond donors (Lipinski definition) is 1. The summed E-state index contributed by atoms with van der Waals surface area (Å²) in [4.78, 5) is 2.49. The highest BCUT2D eigenvalue weighted by Gasteiger charge is 2.12. The van der Waals surface area contributed by atoms with Gasteiger partial charge in [-0.15, -0.1) is 0 Å². The summed E-state index contributed by atoms with van der Waals surface area (Å²) in [5.41, 5.74) is 2.50. The van der Waals surface area contributed by atoms with Gasteiger partial charge in [0.25, 0.3) is 0 Å². The van der Waals surface area contributed by atoms with Gasteiger partial charge in [-0.3, -0.25) is 4.90 Å². The van der Waals surface area contributed by atoms with Gasteiger partial charge in [0.1, 0.15) is 12.4 Å². The number of nitrogens with one attached hydrogen (secondary N) is 1. The molecule has 1 fully saturated rings. The van der Waals surface area contributed by atoms with Crippen molar-refractivity contribution in [3.05, 3.63) is 29.3 Å². The van der Waals surface area contributed by atoms with Crippen LogP contribution >= 0.6 is 0 Å². The Morgan fingerprint density at radius 1 is 1.26 bits per heavy atom. The molecule has 0 bridgehead atoms. The van der Waals surface area contributed by atoms with Gasteiger partial charge in [-0.1, -0.05) is 25.1 Å². The molecule has 0 saturated carbocycles. The predicted molar refractivity (Wildman–Crippen MR) is 79.7 cm³/mol. The van der Waals surface area contributed by atoms with Crippen LogP contribution in [0.3, 0.4) is 0 Å². The standard InChI is InChI=1S/C16H26N2O/c1-3-17-13-15-8-6-7-14(2)16(15)19-12-11-18-9-4-5-10-18/h6-8,17H,3-5,9-13H2,1-2H3. The summed E-state index contributed by atoms with van der Waals surface area (Å²) in [5, 5.41) is 3.37. The van der Waals surface area contributed by atoms with Gasteiger partial charge in [-0.25, -0.2) is 0 Å². The number of hydrogen-bond acceptors (Lipinski definition) is 3. The predicted octanol–water partition coefficient (Wildman–Crippen LogP) is 2.58. The molecule has 106 valence electrons. The Kier molecular flexibility index (Phi) is 5.67. The van der Waals surface area contributed by atoms with Crippen LogP contribution < -0.4 is 10.1 Å². The summed E-state index contributed by atoms with van der Waals surface area (Å²) in [6.07, 6.45) is 2.69. The molecule has 0 aliphatic carbocycles. The summed E-state index contributed by atoms with van der Waals surface area (Å²) >= 11 is 0. The number of aryl methyl sites for hydroxylation is 1. The molecular formula is C16H26N2O. The minimum Gasteiger partial charge on any atom is -0.492 e. The number of benzene rings is 1. The van der Waals surface area contributed by atoms with E-state index in [1.165, 1.54) is 37.1 Å². The van der Waals surface area contributed by atoms with Crippen molar-refractivity contribution < 1.29 is 4.74 Å². The second kappa shape index (κ2) is 7.51. The maximum atomic E-state index is 6.05. The van der Waals surface area contributed by atoms with Crippen molar-refractivity contribution in [1.82, 2.24) is 10.2 Å². The molecule has 3 nitrogen and oxygen atoms in total. The molecule has 1 aliphatic rings. The first-order chi connectivity index (χ1) is 9.31. The average molecular weight is 262 g/mol. The normalized spacial score (nSPS) is 15.9. The number of ether oxygens (including phenoxy) is 1. The van der Waals surface area contributed by atoms with Crippen molar-refractivity contribution in [3.63, 3.8) is 0 Å². The highest BCUT2D eigenvalue weighted by Crippen LogP contribution is 2.23. The molecule has 0 radical (unpaired) electrons. The molecule has 0 unspecified atom stereocenters. The molecule has 0 amide bonds. The van der Waals surface area contributed by atoms with Gasteiger partial charge in [0, 0.05) is 18.7 Å². The van der Waals surface area contributed by atoms with E-state index in [2.05, 4.69) is 42.3 Å². The fraction of sp³-hybridized carbons (Fsp3) is 0.625. The van der Waals surface area contributed by atoms with Crippen LogP contribution in [0.1, 0.15) is 30.9 Å². The van der Waals surface area contributed by atoms with Crippen LogP contribution in [0.4, 0.5) is 0 Å². The molecule has 2 rings (SSSR count). The van der Waals surface area contributed by atoms with Crippen molar-refractivity contribution >= 4 is 0 Å². The summed E-state index contributed by atoms with van der Waals surface area (Å²) in [6.45, 7) is 10.4. The Morgan fingerprint density at radius 3 is 2.79 bits per heavy atom. The first-order valence-electron chi connectivity index (χ1n) is 7.45. The lowest BCUT2D eigenvalue weighted by molar-refractivity contribution is 0.235. The van der Waals surface area contributed by atoms with E-state index in [1.807, 2.05) is 0 Å². The molecule has 0 spiro atoms. The van der Waals surface area contributed by atoms with E-state index < -0.39 is 0 Å². The Labute approximate surface area is 116 Å². The molecule has 3 heteroatoms. The molecule has 0 aromatic heterocycles. The van der Waals surface area contributed by atoms with E-state index in [-0.39, 0.29) is 0 Å². The zero-order chi connectivity index (χ0) is 13.5. The van der Waals surface area contributed by atoms with E-state index >= 15 is 0 Å². The van der Waals surface area contributed by atoms with Gasteiger partial charge in [-0.2, -0.15) is 0 Å². The SMILES string of the molecule is CCNCc1cccc(C)c1OCCN1CCCC1. The van der Waals surface area contributed by atoms with Gasteiger partial charge in [0.2, 0.25) is 0 Å². The zero-order valence-electron chi connectivity index (χ0n) is 12.2. The molecule has 1 N–H and O–H groups in total. The number of likely N-dealkylation sites (tertiary alicyclic amines) is 1. The Morgan fingerprint density at radius 2 is 2.05 bits per heavy atom. The van der Waals surface area contributed by atoms with Crippen LogP contribution in [0, 0.1) is 6.92 Å². The van der Waals surface area contributed by atoms with Crippen LogP contribution in [0.15, 0.2) is 18.2 Å². The summed E-state index contributed by atoms with van der Waals surface area (Å²) < 4.78 is 6.05. The van der Waals surface area contributed by atoms with Crippen LogP contribution in [0.2, 0.25) is 0 Å². The minimum atomic E-state index is 0.796. The fourth-order valence-electron chi connectivity index (χ4n) is 2.60. The molecular weight excluding hydrogens is 236 g/mol. The van der Waals surface area contributed by atoms with Crippen molar-refractivity contribution in [2.75, 3.05) is 32.8 Å². The van der Waals surface area contributed by atoms with Crippen LogP contribution in [-0.2, 0) is 6.54 Å². The topological polar surface area (TPSA) is 24.5 Å².